The Morgan fingerprint density at radius 3 is 2.59 bits per heavy atom. The summed E-state index contributed by atoms with van der Waals surface area (Å²) in [5.74, 6) is -0.868. The number of ether oxygens (including phenoxy) is 1. The number of aromatic nitrogens is 1. The van der Waals surface area contributed by atoms with E-state index in [-0.39, 0.29) is 18.0 Å². The Labute approximate surface area is 192 Å². The first-order valence-corrected chi connectivity index (χ1v) is 11.0. The van der Waals surface area contributed by atoms with Crippen LogP contribution in [0.5, 0.6) is 0 Å². The zero-order valence-electron chi connectivity index (χ0n) is 17.3. The van der Waals surface area contributed by atoms with E-state index in [9.17, 15) is 14.0 Å². The van der Waals surface area contributed by atoms with E-state index in [0.717, 1.165) is 0 Å². The van der Waals surface area contributed by atoms with Crippen molar-refractivity contribution in [3.8, 4) is 0 Å². The van der Waals surface area contributed by atoms with Gasteiger partial charge in [0.25, 0.3) is 5.56 Å². The molecule has 1 aromatic heterocycles. The molecule has 2 heterocycles. The number of halogens is 2. The van der Waals surface area contributed by atoms with Crippen LogP contribution in [0.2, 0.25) is 5.02 Å². The van der Waals surface area contributed by atoms with Gasteiger partial charge in [-0.1, -0.05) is 35.1 Å². The minimum atomic E-state index is -0.699. The molecule has 0 unspecified atom stereocenters. The lowest BCUT2D eigenvalue weighted by atomic mass is 9.96. The fraction of sp³-hybridized carbons (Fsp3) is 0.174. The van der Waals surface area contributed by atoms with Crippen molar-refractivity contribution in [2.24, 2.45) is 4.99 Å². The Balaban J connectivity index is 1.85. The number of nitrogens with one attached hydrogen (secondary N) is 1. The van der Waals surface area contributed by atoms with E-state index in [1.165, 1.54) is 28.0 Å². The van der Waals surface area contributed by atoms with Crippen LogP contribution in [-0.4, -0.2) is 17.1 Å². The number of anilines is 1. The second-order valence-electron chi connectivity index (χ2n) is 7.01. The lowest BCUT2D eigenvalue weighted by Crippen LogP contribution is -2.40. The summed E-state index contributed by atoms with van der Waals surface area (Å²) in [6.07, 6.45) is 1.55. The molecule has 6 nitrogen and oxygen atoms in total. The normalized spacial score (nSPS) is 15.9. The van der Waals surface area contributed by atoms with E-state index in [0.29, 0.717) is 36.9 Å². The number of rotatable bonds is 5. The Morgan fingerprint density at radius 1 is 1.25 bits per heavy atom. The van der Waals surface area contributed by atoms with E-state index < -0.39 is 12.0 Å². The first-order valence-electron chi connectivity index (χ1n) is 9.84. The van der Waals surface area contributed by atoms with Crippen LogP contribution in [0.4, 0.5) is 10.1 Å². The summed E-state index contributed by atoms with van der Waals surface area (Å²) in [5, 5.41) is 3.55. The molecule has 1 atom stereocenters. The van der Waals surface area contributed by atoms with Crippen molar-refractivity contribution in [3.63, 3.8) is 0 Å². The summed E-state index contributed by atoms with van der Waals surface area (Å²) in [4.78, 5) is 31.1. The third-order valence-corrected chi connectivity index (χ3v) is 6.15. The van der Waals surface area contributed by atoms with E-state index in [1.54, 1.807) is 56.4 Å². The maximum atomic E-state index is 13.4. The van der Waals surface area contributed by atoms with E-state index in [2.05, 4.69) is 10.3 Å². The fourth-order valence-electron chi connectivity index (χ4n) is 3.45. The lowest BCUT2D eigenvalue weighted by molar-refractivity contribution is -0.139. The van der Waals surface area contributed by atoms with Crippen molar-refractivity contribution >= 4 is 40.8 Å². The molecule has 1 aliphatic rings. The predicted molar refractivity (Wildman–Crippen MR) is 123 cm³/mol. The third kappa shape index (κ3) is 4.24. The lowest BCUT2D eigenvalue weighted by Gasteiger charge is -2.24. The Bertz CT molecular complexity index is 1380. The molecule has 0 saturated carbocycles. The van der Waals surface area contributed by atoms with E-state index in [1.807, 2.05) is 0 Å². The van der Waals surface area contributed by atoms with Crippen LogP contribution < -0.4 is 20.2 Å². The van der Waals surface area contributed by atoms with Gasteiger partial charge < -0.3 is 10.1 Å². The highest BCUT2D eigenvalue weighted by Gasteiger charge is 2.33. The van der Waals surface area contributed by atoms with Crippen molar-refractivity contribution in [3.05, 3.63) is 95.9 Å². The van der Waals surface area contributed by atoms with Crippen molar-refractivity contribution in [1.29, 1.82) is 0 Å². The standard InChI is InChI=1S/C23H19ClFN3O3S/c1-3-31-22(30)19-13(2)27-23-28(20(19)14-4-6-15(24)7-5-14)21(29)18(32-23)12-26-17-10-8-16(25)9-11-17/h4-12,20,26H,3H2,1-2H3/b18-12-/t20-/m1/s1. The molecule has 1 N–H and O–H groups in total. The Kier molecular flexibility index (Phi) is 6.25. The first kappa shape index (κ1) is 22.0. The largest absolute Gasteiger partial charge is 0.463 e. The highest BCUT2D eigenvalue weighted by atomic mass is 35.5. The molecule has 164 valence electrons. The average molecular weight is 472 g/mol. The van der Waals surface area contributed by atoms with Gasteiger partial charge in [-0.15, -0.1) is 0 Å². The summed E-state index contributed by atoms with van der Waals surface area (Å²) in [5.41, 5.74) is 1.83. The molecule has 9 heteroatoms. The van der Waals surface area contributed by atoms with Crippen LogP contribution in [0.25, 0.3) is 6.20 Å². The molecular formula is C23H19ClFN3O3S. The van der Waals surface area contributed by atoms with Crippen molar-refractivity contribution in [1.82, 2.24) is 4.57 Å². The second-order valence-corrected chi connectivity index (χ2v) is 8.45. The molecule has 4 rings (SSSR count). The van der Waals surface area contributed by atoms with Gasteiger partial charge in [-0.3, -0.25) is 9.36 Å². The number of allylic oxidation sites excluding steroid dienone is 1. The Hall–Kier alpha value is -3.23. The smallest absolute Gasteiger partial charge is 0.338 e. The molecule has 0 saturated heterocycles. The molecular weight excluding hydrogens is 453 g/mol. The van der Waals surface area contributed by atoms with Crippen LogP contribution in [0.15, 0.2) is 69.6 Å². The highest BCUT2D eigenvalue weighted by molar-refractivity contribution is 7.07. The molecule has 0 aliphatic carbocycles. The van der Waals surface area contributed by atoms with Crippen LogP contribution in [-0.2, 0) is 9.53 Å². The Morgan fingerprint density at radius 2 is 1.94 bits per heavy atom. The van der Waals surface area contributed by atoms with Crippen LogP contribution >= 0.6 is 22.9 Å². The average Bonchev–Trinajstić information content (AvgIpc) is 3.08. The summed E-state index contributed by atoms with van der Waals surface area (Å²) in [6.45, 7) is 3.65. The zero-order valence-corrected chi connectivity index (χ0v) is 18.8. The van der Waals surface area contributed by atoms with Crippen molar-refractivity contribution in [2.75, 3.05) is 11.9 Å². The monoisotopic (exact) mass is 471 g/mol. The molecule has 1 aliphatic heterocycles. The summed E-state index contributed by atoms with van der Waals surface area (Å²) < 4.78 is 20.3. The molecule has 0 amide bonds. The van der Waals surface area contributed by atoms with Gasteiger partial charge in [0.2, 0.25) is 0 Å². The van der Waals surface area contributed by atoms with E-state index in [4.69, 9.17) is 16.3 Å². The van der Waals surface area contributed by atoms with Gasteiger partial charge in [-0.05, 0) is 55.8 Å². The van der Waals surface area contributed by atoms with Crippen LogP contribution in [0.1, 0.15) is 25.5 Å². The topological polar surface area (TPSA) is 72.7 Å². The maximum absolute atomic E-state index is 13.4. The van der Waals surface area contributed by atoms with Gasteiger partial charge in [-0.25, -0.2) is 14.2 Å². The van der Waals surface area contributed by atoms with Gasteiger partial charge >= 0.3 is 5.97 Å². The first-order chi connectivity index (χ1) is 15.4. The molecule has 0 bridgehead atoms. The van der Waals surface area contributed by atoms with E-state index >= 15 is 0 Å². The number of carbonyl (C=O) groups is 1. The third-order valence-electron chi connectivity index (χ3n) is 4.92. The van der Waals surface area contributed by atoms with Crippen LogP contribution in [0, 0.1) is 5.82 Å². The number of fused-ring (bicyclic) bond motifs is 1. The molecule has 0 radical (unpaired) electrons. The van der Waals surface area contributed by atoms with Gasteiger partial charge in [-0.2, -0.15) is 0 Å². The minimum Gasteiger partial charge on any atom is -0.463 e. The van der Waals surface area contributed by atoms with Gasteiger partial charge in [0.15, 0.2) is 4.80 Å². The summed E-state index contributed by atoms with van der Waals surface area (Å²) >= 11 is 7.24. The number of nitrogens with zero attached hydrogens (tertiary/aromatic N) is 2. The zero-order chi connectivity index (χ0) is 22.8. The SMILES string of the molecule is CCOC(=O)C1=C(C)N=c2s/c(=C\Nc3ccc(F)cc3)c(=O)n2[C@@H]1c1ccc(Cl)cc1. The fourth-order valence-corrected chi connectivity index (χ4v) is 4.54. The number of thiazole rings is 1. The number of benzene rings is 2. The molecule has 0 fully saturated rings. The van der Waals surface area contributed by atoms with Crippen molar-refractivity contribution < 1.29 is 13.9 Å². The summed E-state index contributed by atoms with van der Waals surface area (Å²) in [7, 11) is 0. The molecule has 3 aromatic rings. The number of carbonyl (C=O) groups excluding carboxylic acids is 1. The quantitative estimate of drug-likeness (QED) is 0.577. The second kappa shape index (κ2) is 9.10. The van der Waals surface area contributed by atoms with Crippen molar-refractivity contribution in [2.45, 2.75) is 19.9 Å². The molecule has 32 heavy (non-hydrogen) atoms. The number of hydrogen-bond acceptors (Lipinski definition) is 6. The number of esters is 1. The number of hydrogen-bond donors (Lipinski definition) is 1. The highest BCUT2D eigenvalue weighted by Crippen LogP contribution is 2.31. The predicted octanol–water partition coefficient (Wildman–Crippen LogP) is 3.61. The van der Waals surface area contributed by atoms with Gasteiger partial charge in [0.1, 0.15) is 10.3 Å². The van der Waals surface area contributed by atoms with Gasteiger partial charge in [0.05, 0.1) is 23.9 Å². The van der Waals surface area contributed by atoms with Gasteiger partial charge in [0, 0.05) is 16.9 Å². The molecule has 2 aromatic carbocycles. The minimum absolute atomic E-state index is 0.203. The maximum Gasteiger partial charge on any atom is 0.338 e. The molecule has 0 spiro atoms. The summed E-state index contributed by atoms with van der Waals surface area (Å²) in [6, 6.07) is 12.1. The van der Waals surface area contributed by atoms with Crippen LogP contribution in [0.3, 0.4) is 0 Å².